The highest BCUT2D eigenvalue weighted by molar-refractivity contribution is 6.53. The van der Waals surface area contributed by atoms with Gasteiger partial charge in [0.05, 0.1) is 0 Å². The average Bonchev–Trinajstić information content (AvgIpc) is 2.37. The fraction of sp³-hybridized carbons (Fsp3) is 0.889. The van der Waals surface area contributed by atoms with Crippen molar-refractivity contribution < 1.29 is 9.31 Å². The molecule has 0 N–H and O–H groups in total. The molecule has 21 heavy (non-hydrogen) atoms. The van der Waals surface area contributed by atoms with Gasteiger partial charge < -0.3 is 9.31 Å². The van der Waals surface area contributed by atoms with Gasteiger partial charge in [0.1, 0.15) is 0 Å². The second-order valence-corrected chi connectivity index (χ2v) is 6.85. The van der Waals surface area contributed by atoms with Gasteiger partial charge in [-0.2, -0.15) is 0 Å². The lowest BCUT2D eigenvalue weighted by atomic mass is 9.73. The lowest BCUT2D eigenvalue weighted by Gasteiger charge is -2.22. The summed E-state index contributed by atoms with van der Waals surface area (Å²) in [4.78, 5) is 0. The first-order valence-corrected chi connectivity index (χ1v) is 9.09. The van der Waals surface area contributed by atoms with Gasteiger partial charge in [-0.3, -0.25) is 0 Å². The normalized spacial score (nSPS) is 21.5. The van der Waals surface area contributed by atoms with Crippen LogP contribution < -0.4 is 0 Å². The number of allylic oxidation sites excluding steroid dienone is 2. The quantitative estimate of drug-likeness (QED) is 0.605. The van der Waals surface area contributed by atoms with Crippen LogP contribution in [0.15, 0.2) is 11.5 Å². The molecule has 0 bridgehead atoms. The first-order valence-electron chi connectivity index (χ1n) is 9.09. The van der Waals surface area contributed by atoms with E-state index >= 15 is 0 Å². The molecule has 0 aromatic rings. The summed E-state index contributed by atoms with van der Waals surface area (Å²) in [6.07, 6.45) is 16.0. The minimum absolute atomic E-state index is 0.145. The predicted molar refractivity (Wildman–Crippen MR) is 92.4 cm³/mol. The maximum Gasteiger partial charge on any atom is 0.489 e. The third-order valence-electron chi connectivity index (χ3n) is 3.92. The molecule has 0 heterocycles. The van der Waals surface area contributed by atoms with Crippen molar-refractivity contribution in [1.29, 1.82) is 0 Å². The molecule has 0 radical (unpaired) electrons. The minimum Gasteiger partial charge on any atom is -0.405 e. The van der Waals surface area contributed by atoms with Crippen molar-refractivity contribution in [3.05, 3.63) is 11.5 Å². The molecular formula is C18H35BO2. The van der Waals surface area contributed by atoms with Crippen molar-refractivity contribution in [3.8, 4) is 0 Å². The molecule has 0 spiro atoms. The largest absolute Gasteiger partial charge is 0.489 e. The SMILES string of the molecule is CC(C)OB(OC(C)C)/C1=C/CCCCCCCCCC1. The van der Waals surface area contributed by atoms with Crippen LogP contribution in [0.2, 0.25) is 0 Å². The van der Waals surface area contributed by atoms with Crippen LogP contribution in [0.1, 0.15) is 91.9 Å². The summed E-state index contributed by atoms with van der Waals surface area (Å²) in [6, 6.07) is 0. The van der Waals surface area contributed by atoms with Crippen LogP contribution in [-0.4, -0.2) is 19.3 Å². The molecule has 0 aromatic carbocycles. The van der Waals surface area contributed by atoms with E-state index in [9.17, 15) is 0 Å². The highest BCUT2D eigenvalue weighted by atomic mass is 16.6. The molecular weight excluding hydrogens is 259 g/mol. The lowest BCUT2D eigenvalue weighted by Crippen LogP contribution is -2.32. The fourth-order valence-electron chi connectivity index (χ4n) is 2.84. The summed E-state index contributed by atoms with van der Waals surface area (Å²) in [5.74, 6) is 0. The maximum absolute atomic E-state index is 6.03. The van der Waals surface area contributed by atoms with E-state index in [-0.39, 0.29) is 19.3 Å². The lowest BCUT2D eigenvalue weighted by molar-refractivity contribution is 0.135. The summed E-state index contributed by atoms with van der Waals surface area (Å²) >= 11 is 0. The van der Waals surface area contributed by atoms with Crippen LogP contribution in [0.25, 0.3) is 0 Å². The van der Waals surface area contributed by atoms with E-state index < -0.39 is 0 Å². The monoisotopic (exact) mass is 294 g/mol. The van der Waals surface area contributed by atoms with Crippen molar-refractivity contribution in [2.45, 2.75) is 104 Å². The molecule has 0 atom stereocenters. The van der Waals surface area contributed by atoms with Crippen molar-refractivity contribution in [2.24, 2.45) is 0 Å². The van der Waals surface area contributed by atoms with Crippen LogP contribution >= 0.6 is 0 Å². The second kappa shape index (κ2) is 11.3. The molecule has 122 valence electrons. The van der Waals surface area contributed by atoms with E-state index in [1.807, 2.05) is 0 Å². The Morgan fingerprint density at radius 1 is 0.762 bits per heavy atom. The molecule has 0 unspecified atom stereocenters. The van der Waals surface area contributed by atoms with E-state index in [0.717, 1.165) is 6.42 Å². The van der Waals surface area contributed by atoms with Crippen LogP contribution in [0, 0.1) is 0 Å². The van der Waals surface area contributed by atoms with Gasteiger partial charge in [-0.15, -0.1) is 0 Å². The molecule has 0 saturated carbocycles. The molecule has 2 nitrogen and oxygen atoms in total. The summed E-state index contributed by atoms with van der Waals surface area (Å²) < 4.78 is 12.1. The van der Waals surface area contributed by atoms with Gasteiger partial charge in [0.15, 0.2) is 0 Å². The van der Waals surface area contributed by atoms with Crippen molar-refractivity contribution >= 4 is 7.12 Å². The molecule has 0 amide bonds. The van der Waals surface area contributed by atoms with E-state index in [2.05, 4.69) is 33.8 Å². The topological polar surface area (TPSA) is 18.5 Å². The molecule has 0 aromatic heterocycles. The first kappa shape index (κ1) is 18.8. The van der Waals surface area contributed by atoms with Gasteiger partial charge >= 0.3 is 7.12 Å². The molecule has 0 aliphatic heterocycles. The molecule has 3 heteroatoms. The zero-order valence-corrected chi connectivity index (χ0v) is 14.7. The van der Waals surface area contributed by atoms with Crippen molar-refractivity contribution in [2.75, 3.05) is 0 Å². The smallest absolute Gasteiger partial charge is 0.405 e. The summed E-state index contributed by atoms with van der Waals surface area (Å²) in [6.45, 7) is 8.36. The van der Waals surface area contributed by atoms with Crippen LogP contribution in [0.3, 0.4) is 0 Å². The zero-order chi connectivity index (χ0) is 15.5. The number of rotatable bonds is 5. The molecule has 1 aliphatic rings. The third kappa shape index (κ3) is 9.36. The van der Waals surface area contributed by atoms with E-state index in [1.165, 1.54) is 63.3 Å². The average molecular weight is 294 g/mol. The molecule has 1 rings (SSSR count). The van der Waals surface area contributed by atoms with Gasteiger partial charge in [-0.05, 0) is 52.4 Å². The summed E-state index contributed by atoms with van der Waals surface area (Å²) in [7, 11) is -0.145. The Kier molecular flexibility index (Phi) is 10.1. The molecule has 1 aliphatic carbocycles. The third-order valence-corrected chi connectivity index (χ3v) is 3.92. The van der Waals surface area contributed by atoms with Gasteiger partial charge in [0, 0.05) is 12.2 Å². The standard InChI is InChI=1S/C18H35BO2/c1-16(2)20-19(21-17(3)4)18-14-12-10-8-6-5-7-9-11-13-15-18/h14,16-17H,5-13,15H2,1-4H3/b18-14+. The van der Waals surface area contributed by atoms with E-state index in [1.54, 1.807) is 0 Å². The van der Waals surface area contributed by atoms with E-state index in [4.69, 9.17) is 9.31 Å². The second-order valence-electron chi connectivity index (χ2n) is 6.85. The predicted octanol–water partition coefficient (Wildman–Crippen LogP) is 5.70. The highest BCUT2D eigenvalue weighted by Crippen LogP contribution is 2.20. The molecule has 0 fully saturated rings. The van der Waals surface area contributed by atoms with Crippen molar-refractivity contribution in [1.82, 2.24) is 0 Å². The Labute approximate surface area is 132 Å². The minimum atomic E-state index is -0.145. The van der Waals surface area contributed by atoms with Crippen LogP contribution in [0.5, 0.6) is 0 Å². The number of hydrogen-bond acceptors (Lipinski definition) is 2. The number of hydrogen-bond donors (Lipinski definition) is 0. The first-order chi connectivity index (χ1) is 10.1. The summed E-state index contributed by atoms with van der Waals surface area (Å²) in [5.41, 5.74) is 1.37. The highest BCUT2D eigenvalue weighted by Gasteiger charge is 2.26. The van der Waals surface area contributed by atoms with Gasteiger partial charge in [0.2, 0.25) is 0 Å². The van der Waals surface area contributed by atoms with Gasteiger partial charge in [0.25, 0.3) is 0 Å². The van der Waals surface area contributed by atoms with Crippen LogP contribution in [-0.2, 0) is 9.31 Å². The molecule has 0 saturated heterocycles. The Hall–Kier alpha value is -0.275. The zero-order valence-electron chi connectivity index (χ0n) is 14.7. The maximum atomic E-state index is 6.03. The Balaban J connectivity index is 2.67. The summed E-state index contributed by atoms with van der Waals surface area (Å²) in [5, 5.41) is 0. The van der Waals surface area contributed by atoms with Gasteiger partial charge in [-0.25, -0.2) is 0 Å². The van der Waals surface area contributed by atoms with Crippen molar-refractivity contribution in [3.63, 3.8) is 0 Å². The van der Waals surface area contributed by atoms with E-state index in [0.29, 0.717) is 0 Å². The van der Waals surface area contributed by atoms with Gasteiger partial charge in [-0.1, -0.05) is 51.0 Å². The van der Waals surface area contributed by atoms with Crippen LogP contribution in [0.4, 0.5) is 0 Å². The Morgan fingerprint density at radius 3 is 1.76 bits per heavy atom. The fourth-order valence-corrected chi connectivity index (χ4v) is 2.84. The Bertz CT molecular complexity index is 277. The Morgan fingerprint density at radius 2 is 1.24 bits per heavy atom.